The Morgan fingerprint density at radius 3 is 1.36 bits per heavy atom. The van der Waals surface area contributed by atoms with Gasteiger partial charge in [0.1, 0.15) is 0 Å². The molecular formula is C18H20FeN2O4. The molecule has 0 heterocycles. The first-order valence-electron chi connectivity index (χ1n) is 7.44. The first kappa shape index (κ1) is 22.5. The second-order valence-electron chi connectivity index (χ2n) is 4.79. The van der Waals surface area contributed by atoms with Crippen molar-refractivity contribution >= 4 is 24.4 Å². The summed E-state index contributed by atoms with van der Waals surface area (Å²) in [7, 11) is 0. The van der Waals surface area contributed by atoms with Gasteiger partial charge < -0.3 is 20.2 Å². The van der Waals surface area contributed by atoms with Crippen molar-refractivity contribution in [1.29, 1.82) is 0 Å². The third-order valence-corrected chi connectivity index (χ3v) is 2.77. The average Bonchev–Trinajstić information content (AvgIpc) is 3.22. The van der Waals surface area contributed by atoms with Crippen molar-refractivity contribution < 1.29 is 36.9 Å². The first-order valence-corrected chi connectivity index (χ1v) is 7.44. The van der Waals surface area contributed by atoms with E-state index in [1.54, 1.807) is 12.4 Å². The second kappa shape index (κ2) is 13.9. The molecule has 0 saturated carbocycles. The van der Waals surface area contributed by atoms with E-state index in [1.165, 1.54) is 0 Å². The SMILES string of the molecule is O=C(O)CCN=C[c-]1cccc1.O=C(O)CCN=C[c-]1cccc1.[Fe+2]. The third kappa shape index (κ3) is 12.6. The summed E-state index contributed by atoms with van der Waals surface area (Å²) in [6.45, 7) is 0.695. The van der Waals surface area contributed by atoms with Crippen LogP contribution in [0.25, 0.3) is 0 Å². The molecule has 2 aromatic rings. The summed E-state index contributed by atoms with van der Waals surface area (Å²) >= 11 is 0. The minimum Gasteiger partial charge on any atom is -0.481 e. The van der Waals surface area contributed by atoms with Crippen LogP contribution >= 0.6 is 0 Å². The standard InChI is InChI=1S/2C9H10NO2.Fe/c2*11-9(12)5-6-10-7-8-3-1-2-4-8;/h2*1-4,7H,5-6H2,(H,11,12);/q2*-1;+2. The topological polar surface area (TPSA) is 99.3 Å². The molecule has 6 nitrogen and oxygen atoms in total. The van der Waals surface area contributed by atoms with Gasteiger partial charge in [-0.05, 0) is 12.4 Å². The van der Waals surface area contributed by atoms with E-state index in [4.69, 9.17) is 10.2 Å². The largest absolute Gasteiger partial charge is 2.00 e. The molecule has 0 atom stereocenters. The van der Waals surface area contributed by atoms with Crippen molar-refractivity contribution in [1.82, 2.24) is 0 Å². The zero-order valence-corrected chi connectivity index (χ0v) is 14.7. The number of carbonyl (C=O) groups is 2. The molecule has 0 aliphatic rings. The maximum atomic E-state index is 10.1. The predicted molar refractivity (Wildman–Crippen MR) is 93.5 cm³/mol. The van der Waals surface area contributed by atoms with Crippen LogP contribution in [0.3, 0.4) is 0 Å². The van der Waals surface area contributed by atoms with Crippen molar-refractivity contribution in [3.63, 3.8) is 0 Å². The van der Waals surface area contributed by atoms with Gasteiger partial charge in [0.25, 0.3) is 0 Å². The molecule has 0 bridgehead atoms. The zero-order chi connectivity index (χ0) is 17.6. The van der Waals surface area contributed by atoms with E-state index >= 15 is 0 Å². The van der Waals surface area contributed by atoms with Gasteiger partial charge in [-0.1, -0.05) is 0 Å². The normalized spacial score (nSPS) is 10.2. The quantitative estimate of drug-likeness (QED) is 0.415. The van der Waals surface area contributed by atoms with Gasteiger partial charge in [-0.15, -0.1) is 11.1 Å². The molecule has 0 spiro atoms. The number of hydrogen-bond donors (Lipinski definition) is 2. The van der Waals surface area contributed by atoms with Crippen LogP contribution in [0.2, 0.25) is 0 Å². The van der Waals surface area contributed by atoms with Crippen LogP contribution in [0.15, 0.2) is 58.5 Å². The van der Waals surface area contributed by atoms with Gasteiger partial charge in [-0.25, -0.2) is 24.3 Å². The van der Waals surface area contributed by atoms with Gasteiger partial charge in [0.15, 0.2) is 0 Å². The molecule has 0 unspecified atom stereocenters. The van der Waals surface area contributed by atoms with Crippen LogP contribution in [0.1, 0.15) is 24.0 Å². The van der Waals surface area contributed by atoms with Crippen LogP contribution in [-0.2, 0) is 26.7 Å². The Morgan fingerprint density at radius 2 is 1.08 bits per heavy atom. The Labute approximate surface area is 157 Å². The summed E-state index contributed by atoms with van der Waals surface area (Å²) in [5.41, 5.74) is 2.03. The molecule has 0 saturated heterocycles. The number of carboxylic acids is 2. The minimum atomic E-state index is -0.811. The Bertz CT molecular complexity index is 588. The molecule has 2 N–H and O–H groups in total. The maximum absolute atomic E-state index is 10.1. The molecule has 25 heavy (non-hydrogen) atoms. The number of aliphatic carboxylic acids is 2. The summed E-state index contributed by atoms with van der Waals surface area (Å²) in [4.78, 5) is 28.1. The Balaban J connectivity index is 0.000000443. The van der Waals surface area contributed by atoms with E-state index in [9.17, 15) is 9.59 Å². The monoisotopic (exact) mass is 384 g/mol. The van der Waals surface area contributed by atoms with Crippen molar-refractivity contribution in [2.24, 2.45) is 9.98 Å². The Morgan fingerprint density at radius 1 is 0.760 bits per heavy atom. The predicted octanol–water partition coefficient (Wildman–Crippen LogP) is 2.60. The molecule has 134 valence electrons. The average molecular weight is 384 g/mol. The van der Waals surface area contributed by atoms with Crippen molar-refractivity contribution in [2.45, 2.75) is 12.8 Å². The van der Waals surface area contributed by atoms with E-state index in [0.29, 0.717) is 13.1 Å². The fourth-order valence-electron chi connectivity index (χ4n) is 1.61. The van der Waals surface area contributed by atoms with E-state index < -0.39 is 11.9 Å². The molecular weight excluding hydrogens is 364 g/mol. The van der Waals surface area contributed by atoms with E-state index in [1.807, 2.05) is 48.5 Å². The maximum Gasteiger partial charge on any atom is 2.00 e. The molecule has 2 aromatic carbocycles. The second-order valence-corrected chi connectivity index (χ2v) is 4.79. The summed E-state index contributed by atoms with van der Waals surface area (Å²) in [5.74, 6) is -1.62. The van der Waals surface area contributed by atoms with E-state index in [2.05, 4.69) is 9.98 Å². The Kier molecular flexibility index (Phi) is 12.5. The minimum absolute atomic E-state index is 0. The molecule has 7 heteroatoms. The van der Waals surface area contributed by atoms with Gasteiger partial charge >= 0.3 is 29.0 Å². The molecule has 0 radical (unpaired) electrons. The fraction of sp³-hybridized carbons (Fsp3) is 0.222. The number of nitrogens with zero attached hydrogens (tertiary/aromatic N) is 2. The molecule has 0 fully saturated rings. The third-order valence-electron chi connectivity index (χ3n) is 2.77. The van der Waals surface area contributed by atoms with Gasteiger partial charge in [-0.3, -0.25) is 9.59 Å². The van der Waals surface area contributed by atoms with Crippen LogP contribution in [0, 0.1) is 0 Å². The molecule has 2 rings (SSSR count). The fourth-order valence-corrected chi connectivity index (χ4v) is 1.61. The number of rotatable bonds is 8. The zero-order valence-electron chi connectivity index (χ0n) is 13.6. The van der Waals surface area contributed by atoms with Crippen LogP contribution in [-0.4, -0.2) is 47.7 Å². The number of hydrogen-bond acceptors (Lipinski definition) is 4. The summed E-state index contributed by atoms with van der Waals surface area (Å²) in [6, 6.07) is 15.3. The first-order chi connectivity index (χ1) is 11.6. The van der Waals surface area contributed by atoms with Crippen molar-refractivity contribution in [3.8, 4) is 0 Å². The number of carboxylic acid groups (broad SMARTS) is 2. The molecule has 0 aliphatic carbocycles. The summed E-state index contributed by atoms with van der Waals surface area (Å²) in [5, 5.41) is 16.6. The molecule has 0 aromatic heterocycles. The van der Waals surface area contributed by atoms with Gasteiger partial charge in [0.2, 0.25) is 0 Å². The van der Waals surface area contributed by atoms with Gasteiger partial charge in [0, 0.05) is 13.1 Å². The smallest absolute Gasteiger partial charge is 0.481 e. The van der Waals surface area contributed by atoms with E-state index in [0.717, 1.165) is 11.1 Å². The van der Waals surface area contributed by atoms with E-state index in [-0.39, 0.29) is 29.9 Å². The molecule has 0 aliphatic heterocycles. The van der Waals surface area contributed by atoms with Gasteiger partial charge in [0.05, 0.1) is 12.8 Å². The summed E-state index contributed by atoms with van der Waals surface area (Å²) < 4.78 is 0. The van der Waals surface area contributed by atoms with Crippen molar-refractivity contribution in [3.05, 3.63) is 59.7 Å². The van der Waals surface area contributed by atoms with Crippen LogP contribution < -0.4 is 0 Å². The molecule has 0 amide bonds. The van der Waals surface area contributed by atoms with Crippen LogP contribution in [0.4, 0.5) is 0 Å². The van der Waals surface area contributed by atoms with Crippen LogP contribution in [0.5, 0.6) is 0 Å². The number of aliphatic imine (C=N–C) groups is 2. The van der Waals surface area contributed by atoms with Gasteiger partial charge in [-0.2, -0.15) is 24.3 Å². The summed E-state index contributed by atoms with van der Waals surface area (Å²) in [6.07, 6.45) is 3.56. The Hall–Kier alpha value is -2.50. The van der Waals surface area contributed by atoms with Crippen molar-refractivity contribution in [2.75, 3.05) is 13.1 Å².